The van der Waals surface area contributed by atoms with Crippen molar-refractivity contribution in [2.75, 3.05) is 0 Å². The molecule has 1 aromatic carbocycles. The zero-order valence-corrected chi connectivity index (χ0v) is 10.5. The molecule has 84 valence electrons. The number of hydrogen-bond donors (Lipinski definition) is 0. The summed E-state index contributed by atoms with van der Waals surface area (Å²) in [6, 6.07) is 10.1. The molecule has 0 N–H and O–H groups in total. The molecule has 4 heteroatoms. The van der Waals surface area contributed by atoms with E-state index in [0.717, 1.165) is 27.2 Å². The monoisotopic (exact) mass is 260 g/mol. The number of thiazole rings is 1. The van der Waals surface area contributed by atoms with E-state index in [9.17, 15) is 0 Å². The summed E-state index contributed by atoms with van der Waals surface area (Å²) >= 11 is 7.38. The topological polar surface area (TPSA) is 25.8 Å². The van der Waals surface area contributed by atoms with Gasteiger partial charge in [0.05, 0.1) is 17.1 Å². The van der Waals surface area contributed by atoms with Crippen LogP contribution < -0.4 is 0 Å². The lowest BCUT2D eigenvalue weighted by atomic mass is 10.1. The quantitative estimate of drug-likeness (QED) is 0.649. The first-order chi connectivity index (χ1) is 8.38. The predicted octanol–water partition coefficient (Wildman–Crippen LogP) is 4.10. The van der Waals surface area contributed by atoms with Gasteiger partial charge in [-0.3, -0.25) is 4.98 Å². The lowest BCUT2D eigenvalue weighted by Gasteiger charge is -2.01. The molecule has 0 radical (unpaired) electrons. The molecule has 2 aromatic heterocycles. The van der Waals surface area contributed by atoms with Crippen molar-refractivity contribution in [3.05, 3.63) is 47.6 Å². The Balaban J connectivity index is 2.23. The maximum Gasteiger partial charge on any atom is 0.125 e. The van der Waals surface area contributed by atoms with E-state index in [2.05, 4.69) is 22.1 Å². The Morgan fingerprint density at radius 3 is 2.88 bits per heavy atom. The van der Waals surface area contributed by atoms with E-state index in [1.807, 2.05) is 29.8 Å². The van der Waals surface area contributed by atoms with Crippen molar-refractivity contribution >= 4 is 33.8 Å². The molecule has 0 unspecified atom stereocenters. The molecule has 0 bridgehead atoms. The van der Waals surface area contributed by atoms with E-state index in [0.29, 0.717) is 5.88 Å². The van der Waals surface area contributed by atoms with E-state index in [-0.39, 0.29) is 0 Å². The first-order valence-corrected chi connectivity index (χ1v) is 6.64. The van der Waals surface area contributed by atoms with Crippen LogP contribution in [0.15, 0.2) is 41.9 Å². The van der Waals surface area contributed by atoms with Crippen LogP contribution in [0.3, 0.4) is 0 Å². The van der Waals surface area contributed by atoms with Crippen LogP contribution >= 0.6 is 22.9 Å². The van der Waals surface area contributed by atoms with Crippen molar-refractivity contribution in [1.29, 1.82) is 0 Å². The zero-order valence-electron chi connectivity index (χ0n) is 8.93. The maximum atomic E-state index is 5.77. The number of aromatic nitrogens is 2. The van der Waals surface area contributed by atoms with Crippen molar-refractivity contribution < 1.29 is 0 Å². The molecule has 0 aliphatic carbocycles. The number of rotatable bonds is 2. The van der Waals surface area contributed by atoms with Gasteiger partial charge in [0.25, 0.3) is 0 Å². The standard InChI is InChI=1S/C13H9ClN2S/c14-7-10-8-17-13(16-10)11-5-1-3-9-4-2-6-15-12(9)11/h1-6,8H,7H2. The highest BCUT2D eigenvalue weighted by Gasteiger charge is 2.08. The van der Waals surface area contributed by atoms with Crippen LogP contribution in [0, 0.1) is 0 Å². The molecule has 2 heterocycles. The van der Waals surface area contributed by atoms with Gasteiger partial charge in [0.1, 0.15) is 5.01 Å². The molecule has 2 nitrogen and oxygen atoms in total. The minimum atomic E-state index is 0.453. The SMILES string of the molecule is ClCc1csc(-c2cccc3cccnc23)n1. The second kappa shape index (κ2) is 4.43. The molecule has 0 saturated heterocycles. The second-order valence-corrected chi connectivity index (χ2v) is 4.78. The van der Waals surface area contributed by atoms with Crippen molar-refractivity contribution in [3.63, 3.8) is 0 Å². The molecule has 0 aliphatic heterocycles. The van der Waals surface area contributed by atoms with Gasteiger partial charge in [0.2, 0.25) is 0 Å². The van der Waals surface area contributed by atoms with Gasteiger partial charge in [-0.25, -0.2) is 4.98 Å². The van der Waals surface area contributed by atoms with Crippen molar-refractivity contribution in [1.82, 2.24) is 9.97 Å². The number of fused-ring (bicyclic) bond motifs is 1. The Kier molecular flexibility index (Phi) is 2.79. The summed E-state index contributed by atoms with van der Waals surface area (Å²) in [6.45, 7) is 0. The van der Waals surface area contributed by atoms with E-state index >= 15 is 0 Å². The summed E-state index contributed by atoms with van der Waals surface area (Å²) in [5.74, 6) is 0.453. The van der Waals surface area contributed by atoms with Gasteiger partial charge in [-0.05, 0) is 12.1 Å². The fraction of sp³-hybridized carbons (Fsp3) is 0.0769. The fourth-order valence-corrected chi connectivity index (χ4v) is 2.84. The van der Waals surface area contributed by atoms with Crippen LogP contribution in [0.2, 0.25) is 0 Å². The molecular weight excluding hydrogens is 252 g/mol. The summed E-state index contributed by atoms with van der Waals surface area (Å²) in [6.07, 6.45) is 1.81. The number of benzene rings is 1. The van der Waals surface area contributed by atoms with Crippen molar-refractivity contribution in [2.45, 2.75) is 5.88 Å². The van der Waals surface area contributed by atoms with Gasteiger partial charge < -0.3 is 0 Å². The zero-order chi connectivity index (χ0) is 11.7. The van der Waals surface area contributed by atoms with E-state index in [1.165, 1.54) is 0 Å². The highest BCUT2D eigenvalue weighted by Crippen LogP contribution is 2.29. The number of nitrogens with zero attached hydrogens (tertiary/aromatic N) is 2. The first kappa shape index (κ1) is 10.7. The van der Waals surface area contributed by atoms with Gasteiger partial charge in [-0.1, -0.05) is 18.2 Å². The van der Waals surface area contributed by atoms with Gasteiger partial charge >= 0.3 is 0 Å². The molecular formula is C13H9ClN2S. The summed E-state index contributed by atoms with van der Waals surface area (Å²) < 4.78 is 0. The van der Waals surface area contributed by atoms with Crippen LogP contribution in [-0.2, 0) is 5.88 Å². The molecule has 3 aromatic rings. The van der Waals surface area contributed by atoms with E-state index in [1.54, 1.807) is 11.3 Å². The highest BCUT2D eigenvalue weighted by atomic mass is 35.5. The smallest absolute Gasteiger partial charge is 0.125 e. The Morgan fingerprint density at radius 2 is 2.06 bits per heavy atom. The normalized spacial score (nSPS) is 10.9. The average molecular weight is 261 g/mol. The molecule has 0 spiro atoms. The second-order valence-electron chi connectivity index (χ2n) is 3.66. The number of hydrogen-bond acceptors (Lipinski definition) is 3. The summed E-state index contributed by atoms with van der Waals surface area (Å²) in [7, 11) is 0. The maximum absolute atomic E-state index is 5.77. The van der Waals surface area contributed by atoms with Gasteiger partial charge in [0.15, 0.2) is 0 Å². The molecule has 0 saturated carbocycles. The van der Waals surface area contributed by atoms with Gasteiger partial charge in [-0.2, -0.15) is 0 Å². The summed E-state index contributed by atoms with van der Waals surface area (Å²) in [5.41, 5.74) is 2.98. The Bertz CT molecular complexity index is 658. The number of halogens is 1. The Hall–Kier alpha value is -1.45. The average Bonchev–Trinajstić information content (AvgIpc) is 2.87. The van der Waals surface area contributed by atoms with Crippen LogP contribution in [0.25, 0.3) is 21.5 Å². The molecule has 0 amide bonds. The van der Waals surface area contributed by atoms with Crippen molar-refractivity contribution in [3.8, 4) is 10.6 Å². The van der Waals surface area contributed by atoms with Gasteiger partial charge in [-0.15, -0.1) is 22.9 Å². The van der Waals surface area contributed by atoms with Gasteiger partial charge in [0, 0.05) is 22.5 Å². The van der Waals surface area contributed by atoms with E-state index < -0.39 is 0 Å². The fourth-order valence-electron chi connectivity index (χ4n) is 1.77. The molecule has 3 rings (SSSR count). The molecule has 0 aliphatic rings. The minimum absolute atomic E-state index is 0.453. The molecule has 0 atom stereocenters. The Morgan fingerprint density at radius 1 is 1.18 bits per heavy atom. The largest absolute Gasteiger partial charge is 0.256 e. The van der Waals surface area contributed by atoms with Crippen LogP contribution in [-0.4, -0.2) is 9.97 Å². The summed E-state index contributed by atoms with van der Waals surface area (Å²) in [4.78, 5) is 8.92. The molecule has 0 fully saturated rings. The Labute approximate surface area is 108 Å². The number of pyridine rings is 1. The van der Waals surface area contributed by atoms with Crippen molar-refractivity contribution in [2.24, 2.45) is 0 Å². The van der Waals surface area contributed by atoms with Crippen LogP contribution in [0.4, 0.5) is 0 Å². The van der Waals surface area contributed by atoms with E-state index in [4.69, 9.17) is 11.6 Å². The van der Waals surface area contributed by atoms with Crippen LogP contribution in [0.1, 0.15) is 5.69 Å². The summed E-state index contributed by atoms with van der Waals surface area (Å²) in [5, 5.41) is 4.10. The third kappa shape index (κ3) is 1.92. The predicted molar refractivity (Wildman–Crippen MR) is 72.4 cm³/mol. The van der Waals surface area contributed by atoms with Crippen LogP contribution in [0.5, 0.6) is 0 Å². The lowest BCUT2D eigenvalue weighted by Crippen LogP contribution is -1.84. The third-order valence-corrected chi connectivity index (χ3v) is 3.75. The molecule has 17 heavy (non-hydrogen) atoms. The lowest BCUT2D eigenvalue weighted by molar-refractivity contribution is 1.23. The first-order valence-electron chi connectivity index (χ1n) is 5.23. The third-order valence-electron chi connectivity index (χ3n) is 2.55. The highest BCUT2D eigenvalue weighted by molar-refractivity contribution is 7.13. The minimum Gasteiger partial charge on any atom is -0.256 e. The number of para-hydroxylation sites is 1. The number of alkyl halides is 1.